The quantitative estimate of drug-likeness (QED) is 0.560. The van der Waals surface area contributed by atoms with Gasteiger partial charge in [-0.1, -0.05) is 31.9 Å². The first-order valence-electron chi connectivity index (χ1n) is 5.87. The molecule has 0 saturated carbocycles. The van der Waals surface area contributed by atoms with Crippen molar-refractivity contribution in [3.63, 3.8) is 0 Å². The summed E-state index contributed by atoms with van der Waals surface area (Å²) in [6.07, 6.45) is 4.49. The van der Waals surface area contributed by atoms with Crippen LogP contribution in [0.15, 0.2) is 18.2 Å². The Morgan fingerprint density at radius 2 is 2.06 bits per heavy atom. The molecule has 88 valence electrons. The van der Waals surface area contributed by atoms with E-state index in [9.17, 15) is 4.79 Å². The van der Waals surface area contributed by atoms with Crippen LogP contribution >= 0.6 is 0 Å². The molecule has 16 heavy (non-hydrogen) atoms. The predicted octanol–water partition coefficient (Wildman–Crippen LogP) is 3.51. The van der Waals surface area contributed by atoms with Gasteiger partial charge in [-0.15, -0.1) is 0 Å². The van der Waals surface area contributed by atoms with E-state index in [1.54, 1.807) is 0 Å². The largest absolute Gasteiger partial charge is 0.465 e. The minimum Gasteiger partial charge on any atom is -0.465 e. The molecule has 0 bridgehead atoms. The number of aryl methyl sites for hydroxylation is 1. The molecule has 0 aromatic heterocycles. The van der Waals surface area contributed by atoms with Gasteiger partial charge in [0.25, 0.3) is 0 Å². The first-order chi connectivity index (χ1) is 7.70. The fraction of sp³-hybridized carbons (Fsp3) is 0.500. The third-order valence-electron chi connectivity index (χ3n) is 2.85. The lowest BCUT2D eigenvalue weighted by atomic mass is 9.97. The van der Waals surface area contributed by atoms with Crippen molar-refractivity contribution in [2.45, 2.75) is 39.5 Å². The lowest BCUT2D eigenvalue weighted by Gasteiger charge is -2.10. The molecule has 0 saturated heterocycles. The highest BCUT2D eigenvalue weighted by Crippen LogP contribution is 2.18. The SMILES string of the molecule is CCCCCc1c(C)cccc1C(=O)OC. The molecule has 0 N–H and O–H groups in total. The number of carbonyl (C=O) groups is 1. The highest BCUT2D eigenvalue weighted by Gasteiger charge is 2.12. The smallest absolute Gasteiger partial charge is 0.338 e. The minimum atomic E-state index is -0.227. The Bertz CT molecular complexity index is 356. The van der Waals surface area contributed by atoms with Crippen molar-refractivity contribution in [1.29, 1.82) is 0 Å². The van der Waals surface area contributed by atoms with Gasteiger partial charge in [0.05, 0.1) is 12.7 Å². The standard InChI is InChI=1S/C14H20O2/c1-4-5-6-9-12-11(2)8-7-10-13(12)14(15)16-3/h7-8,10H,4-6,9H2,1-3H3. The van der Waals surface area contributed by atoms with E-state index in [2.05, 4.69) is 6.92 Å². The summed E-state index contributed by atoms with van der Waals surface area (Å²) in [6.45, 7) is 4.23. The fourth-order valence-electron chi connectivity index (χ4n) is 1.89. The Balaban J connectivity index is 2.90. The van der Waals surface area contributed by atoms with Gasteiger partial charge < -0.3 is 4.74 Å². The van der Waals surface area contributed by atoms with Crippen molar-refractivity contribution in [2.75, 3.05) is 7.11 Å². The maximum atomic E-state index is 11.6. The average Bonchev–Trinajstić information content (AvgIpc) is 2.30. The molecule has 0 heterocycles. The van der Waals surface area contributed by atoms with Crippen LogP contribution in [0.1, 0.15) is 47.7 Å². The number of benzene rings is 1. The number of unbranched alkanes of at least 4 members (excludes halogenated alkanes) is 2. The van der Waals surface area contributed by atoms with Gasteiger partial charge in [0.15, 0.2) is 0 Å². The van der Waals surface area contributed by atoms with Crippen LogP contribution in [-0.2, 0) is 11.2 Å². The number of hydrogen-bond acceptors (Lipinski definition) is 2. The zero-order valence-electron chi connectivity index (χ0n) is 10.4. The Kier molecular flexibility index (Phi) is 5.03. The second kappa shape index (κ2) is 6.31. The summed E-state index contributed by atoms with van der Waals surface area (Å²) in [4.78, 5) is 11.6. The van der Waals surface area contributed by atoms with Crippen LogP contribution < -0.4 is 0 Å². The Morgan fingerprint density at radius 1 is 1.31 bits per heavy atom. The highest BCUT2D eigenvalue weighted by molar-refractivity contribution is 5.91. The van der Waals surface area contributed by atoms with Crippen LogP contribution in [0.4, 0.5) is 0 Å². The third kappa shape index (κ3) is 3.09. The van der Waals surface area contributed by atoms with Gasteiger partial charge in [-0.2, -0.15) is 0 Å². The topological polar surface area (TPSA) is 26.3 Å². The minimum absolute atomic E-state index is 0.227. The van der Waals surface area contributed by atoms with E-state index in [0.717, 1.165) is 24.0 Å². The van der Waals surface area contributed by atoms with E-state index in [0.29, 0.717) is 0 Å². The molecular weight excluding hydrogens is 200 g/mol. The maximum Gasteiger partial charge on any atom is 0.338 e. The maximum absolute atomic E-state index is 11.6. The van der Waals surface area contributed by atoms with E-state index in [-0.39, 0.29) is 5.97 Å². The molecule has 1 aromatic rings. The molecule has 2 nitrogen and oxygen atoms in total. The van der Waals surface area contributed by atoms with Crippen LogP contribution in [0.3, 0.4) is 0 Å². The zero-order chi connectivity index (χ0) is 12.0. The summed E-state index contributed by atoms with van der Waals surface area (Å²) in [7, 11) is 1.43. The molecule has 1 aromatic carbocycles. The van der Waals surface area contributed by atoms with Gasteiger partial charge >= 0.3 is 5.97 Å². The van der Waals surface area contributed by atoms with Crippen molar-refractivity contribution >= 4 is 5.97 Å². The van der Waals surface area contributed by atoms with Crippen molar-refractivity contribution in [3.8, 4) is 0 Å². The molecule has 2 heteroatoms. The number of carbonyl (C=O) groups excluding carboxylic acids is 1. The molecular formula is C14H20O2. The highest BCUT2D eigenvalue weighted by atomic mass is 16.5. The van der Waals surface area contributed by atoms with Gasteiger partial charge in [0, 0.05) is 0 Å². The van der Waals surface area contributed by atoms with Crippen molar-refractivity contribution < 1.29 is 9.53 Å². The Hall–Kier alpha value is -1.31. The van der Waals surface area contributed by atoms with Crippen LogP contribution in [0.5, 0.6) is 0 Å². The van der Waals surface area contributed by atoms with E-state index < -0.39 is 0 Å². The summed E-state index contributed by atoms with van der Waals surface area (Å²) in [5.41, 5.74) is 3.04. The molecule has 0 radical (unpaired) electrons. The molecule has 0 aliphatic carbocycles. The normalized spacial score (nSPS) is 10.2. The molecule has 0 fully saturated rings. The predicted molar refractivity (Wildman–Crippen MR) is 65.7 cm³/mol. The van der Waals surface area contributed by atoms with Gasteiger partial charge in [0.2, 0.25) is 0 Å². The summed E-state index contributed by atoms with van der Waals surface area (Å²) < 4.78 is 4.80. The summed E-state index contributed by atoms with van der Waals surface area (Å²) >= 11 is 0. The van der Waals surface area contributed by atoms with Crippen LogP contribution in [0.2, 0.25) is 0 Å². The number of rotatable bonds is 5. The molecule has 0 unspecified atom stereocenters. The van der Waals surface area contributed by atoms with Crippen molar-refractivity contribution in [2.24, 2.45) is 0 Å². The van der Waals surface area contributed by atoms with E-state index in [1.165, 1.54) is 25.5 Å². The van der Waals surface area contributed by atoms with Crippen molar-refractivity contribution in [1.82, 2.24) is 0 Å². The summed E-state index contributed by atoms with van der Waals surface area (Å²) in [5, 5.41) is 0. The van der Waals surface area contributed by atoms with Gasteiger partial charge in [-0.25, -0.2) is 4.79 Å². The lowest BCUT2D eigenvalue weighted by Crippen LogP contribution is -2.07. The molecule has 0 aliphatic heterocycles. The first kappa shape index (κ1) is 12.8. The average molecular weight is 220 g/mol. The second-order valence-corrected chi connectivity index (χ2v) is 4.05. The summed E-state index contributed by atoms with van der Waals surface area (Å²) in [5.74, 6) is -0.227. The van der Waals surface area contributed by atoms with Crippen molar-refractivity contribution in [3.05, 3.63) is 34.9 Å². The van der Waals surface area contributed by atoms with Crippen LogP contribution in [0, 0.1) is 6.92 Å². The second-order valence-electron chi connectivity index (χ2n) is 4.05. The molecule has 0 atom stereocenters. The third-order valence-corrected chi connectivity index (χ3v) is 2.85. The number of methoxy groups -OCH3 is 1. The number of ether oxygens (including phenoxy) is 1. The molecule has 1 rings (SSSR count). The fourth-order valence-corrected chi connectivity index (χ4v) is 1.89. The van der Waals surface area contributed by atoms with Gasteiger partial charge in [-0.3, -0.25) is 0 Å². The van der Waals surface area contributed by atoms with E-state index >= 15 is 0 Å². The molecule has 0 amide bonds. The van der Waals surface area contributed by atoms with E-state index in [4.69, 9.17) is 4.74 Å². The Morgan fingerprint density at radius 3 is 2.69 bits per heavy atom. The molecule has 0 spiro atoms. The Labute approximate surface area is 97.6 Å². The summed E-state index contributed by atoms with van der Waals surface area (Å²) in [6, 6.07) is 5.80. The lowest BCUT2D eigenvalue weighted by molar-refractivity contribution is 0.0599. The zero-order valence-corrected chi connectivity index (χ0v) is 10.4. The number of esters is 1. The van der Waals surface area contributed by atoms with Crippen LogP contribution in [0.25, 0.3) is 0 Å². The van der Waals surface area contributed by atoms with Gasteiger partial charge in [0.1, 0.15) is 0 Å². The monoisotopic (exact) mass is 220 g/mol. The first-order valence-corrected chi connectivity index (χ1v) is 5.87. The van der Waals surface area contributed by atoms with Gasteiger partial charge in [-0.05, 0) is 37.0 Å². The number of hydrogen-bond donors (Lipinski definition) is 0. The van der Waals surface area contributed by atoms with E-state index in [1.807, 2.05) is 25.1 Å². The molecule has 0 aliphatic rings. The van der Waals surface area contributed by atoms with Crippen LogP contribution in [-0.4, -0.2) is 13.1 Å².